The molecule has 2 rings (SSSR count). The molecule has 2 unspecified atom stereocenters. The Morgan fingerprint density at radius 2 is 2.17 bits per heavy atom. The third kappa shape index (κ3) is 5.72. The number of methoxy groups -OCH3 is 1. The van der Waals surface area contributed by atoms with Crippen LogP contribution in [-0.2, 0) is 19.1 Å². The lowest BCUT2D eigenvalue weighted by Gasteiger charge is -2.28. The van der Waals surface area contributed by atoms with Crippen molar-refractivity contribution in [1.29, 1.82) is 0 Å². The third-order valence-corrected chi connectivity index (χ3v) is 4.38. The van der Waals surface area contributed by atoms with E-state index in [-0.39, 0.29) is 30.4 Å². The van der Waals surface area contributed by atoms with E-state index < -0.39 is 0 Å². The normalized spacial score (nSPS) is 24.0. The zero-order chi connectivity index (χ0) is 16.7. The van der Waals surface area contributed by atoms with Crippen LogP contribution < -0.4 is 11.1 Å². The van der Waals surface area contributed by atoms with Crippen molar-refractivity contribution < 1.29 is 19.1 Å². The van der Waals surface area contributed by atoms with Gasteiger partial charge in [0.1, 0.15) is 0 Å². The Kier molecular flexibility index (Phi) is 7.22. The highest BCUT2D eigenvalue weighted by Gasteiger charge is 2.31. The second kappa shape index (κ2) is 9.17. The Morgan fingerprint density at radius 1 is 1.43 bits per heavy atom. The van der Waals surface area contributed by atoms with Crippen molar-refractivity contribution in [2.75, 3.05) is 59.6 Å². The summed E-state index contributed by atoms with van der Waals surface area (Å²) in [6.07, 6.45) is 0.324. The molecule has 23 heavy (non-hydrogen) atoms. The Morgan fingerprint density at radius 3 is 2.83 bits per heavy atom. The lowest BCUT2D eigenvalue weighted by atomic mass is 10.2. The largest absolute Gasteiger partial charge is 0.380 e. The number of nitrogens with two attached hydrogens (primary N) is 1. The molecule has 8 nitrogen and oxygen atoms in total. The van der Waals surface area contributed by atoms with Gasteiger partial charge in [-0.3, -0.25) is 14.5 Å². The minimum Gasteiger partial charge on any atom is -0.380 e. The van der Waals surface area contributed by atoms with Gasteiger partial charge in [0.2, 0.25) is 11.8 Å². The Balaban J connectivity index is 1.70. The van der Waals surface area contributed by atoms with Crippen LogP contribution >= 0.6 is 0 Å². The maximum atomic E-state index is 12.1. The van der Waals surface area contributed by atoms with Crippen molar-refractivity contribution in [3.8, 4) is 0 Å². The molecule has 2 heterocycles. The molecule has 2 fully saturated rings. The quantitative estimate of drug-likeness (QED) is 0.557. The van der Waals surface area contributed by atoms with E-state index in [1.54, 1.807) is 0 Å². The van der Waals surface area contributed by atoms with Crippen molar-refractivity contribution in [2.24, 2.45) is 5.73 Å². The Hall–Kier alpha value is -1.22. The van der Waals surface area contributed by atoms with E-state index in [2.05, 4.69) is 10.2 Å². The van der Waals surface area contributed by atoms with E-state index in [1.807, 2.05) is 4.90 Å². The molecule has 2 amide bonds. The van der Waals surface area contributed by atoms with Crippen LogP contribution in [0.25, 0.3) is 0 Å². The summed E-state index contributed by atoms with van der Waals surface area (Å²) in [5.74, 6) is -0.0131. The molecule has 8 heteroatoms. The number of amides is 2. The van der Waals surface area contributed by atoms with Crippen molar-refractivity contribution in [3.05, 3.63) is 0 Å². The number of carbonyl (C=O) groups is 2. The molecular weight excluding hydrogens is 300 g/mol. The molecule has 2 atom stereocenters. The molecule has 0 saturated carbocycles. The van der Waals surface area contributed by atoms with Gasteiger partial charge in [0.15, 0.2) is 0 Å². The minimum atomic E-state index is -0.274. The molecule has 2 aliphatic heterocycles. The highest BCUT2D eigenvalue weighted by atomic mass is 16.5. The lowest BCUT2D eigenvalue weighted by Crippen LogP contribution is -2.43. The van der Waals surface area contributed by atoms with Crippen molar-refractivity contribution in [2.45, 2.75) is 25.0 Å². The molecule has 0 aromatic rings. The summed E-state index contributed by atoms with van der Waals surface area (Å²) in [6.45, 7) is 5.79. The second-order valence-electron chi connectivity index (χ2n) is 6.06. The summed E-state index contributed by atoms with van der Waals surface area (Å²) >= 11 is 0. The SMILES string of the molecule is COC(CN)CC(=O)NC1CC(=O)N(CCN2CCOCC2)C1. The standard InChI is InChI=1S/C15H28N4O4/c1-22-13(10-16)9-14(20)17-12-8-15(21)19(11-12)3-2-18-4-6-23-7-5-18/h12-13H,2-11,16H2,1H3,(H,17,20). The first-order chi connectivity index (χ1) is 11.1. The zero-order valence-corrected chi connectivity index (χ0v) is 13.8. The number of ether oxygens (including phenoxy) is 2. The predicted octanol–water partition coefficient (Wildman–Crippen LogP) is -1.60. The van der Waals surface area contributed by atoms with Crippen LogP contribution in [-0.4, -0.2) is 93.4 Å². The number of nitrogens with one attached hydrogen (secondary N) is 1. The number of rotatable bonds is 8. The maximum absolute atomic E-state index is 12.1. The Bertz CT molecular complexity index is 397. The first kappa shape index (κ1) is 18.1. The second-order valence-corrected chi connectivity index (χ2v) is 6.06. The summed E-state index contributed by atoms with van der Waals surface area (Å²) in [5, 5.41) is 2.91. The average Bonchev–Trinajstić information content (AvgIpc) is 2.91. The van der Waals surface area contributed by atoms with Gasteiger partial charge in [0.05, 0.1) is 31.8 Å². The van der Waals surface area contributed by atoms with Crippen molar-refractivity contribution in [1.82, 2.24) is 15.1 Å². The molecule has 0 radical (unpaired) electrons. The first-order valence-electron chi connectivity index (χ1n) is 8.22. The number of hydrogen-bond acceptors (Lipinski definition) is 6. The molecule has 0 aromatic carbocycles. The zero-order valence-electron chi connectivity index (χ0n) is 13.8. The molecule has 2 aliphatic rings. The Labute approximate surface area is 137 Å². The number of likely N-dealkylation sites (tertiary alicyclic amines) is 1. The average molecular weight is 328 g/mol. The van der Waals surface area contributed by atoms with Gasteiger partial charge < -0.3 is 25.4 Å². The van der Waals surface area contributed by atoms with Crippen LogP contribution in [0.3, 0.4) is 0 Å². The van der Waals surface area contributed by atoms with E-state index in [0.29, 0.717) is 26.1 Å². The number of morpholine rings is 1. The number of hydrogen-bond donors (Lipinski definition) is 2. The fourth-order valence-electron chi connectivity index (χ4n) is 2.93. The van der Waals surface area contributed by atoms with Gasteiger partial charge in [0.25, 0.3) is 0 Å². The first-order valence-corrected chi connectivity index (χ1v) is 8.22. The van der Waals surface area contributed by atoms with Crippen LogP contribution in [0.4, 0.5) is 0 Å². The van der Waals surface area contributed by atoms with Crippen LogP contribution in [0.2, 0.25) is 0 Å². The minimum absolute atomic E-state index is 0.102. The van der Waals surface area contributed by atoms with Gasteiger partial charge in [-0.1, -0.05) is 0 Å². The van der Waals surface area contributed by atoms with Gasteiger partial charge in [-0.15, -0.1) is 0 Å². The van der Waals surface area contributed by atoms with E-state index in [4.69, 9.17) is 15.2 Å². The summed E-state index contributed by atoms with van der Waals surface area (Å²) in [6, 6.07) is -0.116. The van der Waals surface area contributed by atoms with Gasteiger partial charge >= 0.3 is 0 Å². The fourth-order valence-corrected chi connectivity index (χ4v) is 2.93. The molecule has 0 bridgehead atoms. The highest BCUT2D eigenvalue weighted by Crippen LogP contribution is 2.12. The topological polar surface area (TPSA) is 97.1 Å². The summed E-state index contributed by atoms with van der Waals surface area (Å²) in [7, 11) is 1.54. The molecule has 0 aromatic heterocycles. The predicted molar refractivity (Wildman–Crippen MR) is 84.9 cm³/mol. The molecule has 0 spiro atoms. The monoisotopic (exact) mass is 328 g/mol. The maximum Gasteiger partial charge on any atom is 0.224 e. The van der Waals surface area contributed by atoms with Gasteiger partial charge in [-0.25, -0.2) is 0 Å². The summed E-state index contributed by atoms with van der Waals surface area (Å²) in [5.41, 5.74) is 5.51. The van der Waals surface area contributed by atoms with E-state index in [9.17, 15) is 9.59 Å². The third-order valence-electron chi connectivity index (χ3n) is 4.38. The molecule has 3 N–H and O–H groups in total. The van der Waals surface area contributed by atoms with Crippen LogP contribution in [0.5, 0.6) is 0 Å². The smallest absolute Gasteiger partial charge is 0.224 e. The molecular formula is C15H28N4O4. The van der Waals surface area contributed by atoms with Crippen LogP contribution in [0.15, 0.2) is 0 Å². The van der Waals surface area contributed by atoms with E-state index >= 15 is 0 Å². The van der Waals surface area contributed by atoms with Crippen LogP contribution in [0.1, 0.15) is 12.8 Å². The van der Waals surface area contributed by atoms with E-state index in [1.165, 1.54) is 7.11 Å². The van der Waals surface area contributed by atoms with Gasteiger partial charge in [0, 0.05) is 52.8 Å². The number of nitrogens with zero attached hydrogens (tertiary/aromatic N) is 2. The highest BCUT2D eigenvalue weighted by molar-refractivity contribution is 5.82. The molecule has 0 aliphatic carbocycles. The number of carbonyl (C=O) groups excluding carboxylic acids is 2. The van der Waals surface area contributed by atoms with Crippen LogP contribution in [0, 0.1) is 0 Å². The van der Waals surface area contributed by atoms with E-state index in [0.717, 1.165) is 32.8 Å². The fraction of sp³-hybridized carbons (Fsp3) is 0.867. The van der Waals surface area contributed by atoms with Gasteiger partial charge in [-0.05, 0) is 0 Å². The lowest BCUT2D eigenvalue weighted by molar-refractivity contribution is -0.128. The molecule has 2 saturated heterocycles. The van der Waals surface area contributed by atoms with Gasteiger partial charge in [-0.2, -0.15) is 0 Å². The van der Waals surface area contributed by atoms with Crippen molar-refractivity contribution in [3.63, 3.8) is 0 Å². The summed E-state index contributed by atoms with van der Waals surface area (Å²) < 4.78 is 10.4. The summed E-state index contributed by atoms with van der Waals surface area (Å²) in [4.78, 5) is 28.1. The molecule has 132 valence electrons. The van der Waals surface area contributed by atoms with Crippen molar-refractivity contribution >= 4 is 11.8 Å².